The Morgan fingerprint density at radius 1 is 1.26 bits per heavy atom. The van der Waals surface area contributed by atoms with Gasteiger partial charge in [0.05, 0.1) is 5.92 Å². The first kappa shape index (κ1) is 17.9. The van der Waals surface area contributed by atoms with Crippen LogP contribution in [0, 0.1) is 11.3 Å². The van der Waals surface area contributed by atoms with Crippen molar-refractivity contribution < 1.29 is 14.7 Å². The standard InChI is InChI=1S/C14H28N2O3/c1-6-7-14(5,12(18)19)16-11(17)10(9-15)8-13(2,3)4/h10H,6-9,15H2,1-5H3,(H,16,17)(H,18,19). The molecule has 0 spiro atoms. The molecule has 2 atom stereocenters. The zero-order valence-corrected chi connectivity index (χ0v) is 12.7. The molecule has 1 amide bonds. The SMILES string of the molecule is CCCC(C)(NC(=O)C(CN)CC(C)(C)C)C(=O)O. The fourth-order valence-electron chi connectivity index (χ4n) is 2.12. The zero-order valence-electron chi connectivity index (χ0n) is 12.7. The highest BCUT2D eigenvalue weighted by molar-refractivity contribution is 5.87. The second kappa shape index (κ2) is 6.89. The molecule has 112 valence electrons. The highest BCUT2D eigenvalue weighted by Gasteiger charge is 2.36. The van der Waals surface area contributed by atoms with Crippen LogP contribution in [0.2, 0.25) is 0 Å². The van der Waals surface area contributed by atoms with E-state index >= 15 is 0 Å². The van der Waals surface area contributed by atoms with E-state index in [-0.39, 0.29) is 23.8 Å². The van der Waals surface area contributed by atoms with Crippen molar-refractivity contribution in [3.63, 3.8) is 0 Å². The molecule has 0 heterocycles. The number of carboxylic acid groups (broad SMARTS) is 1. The first-order valence-corrected chi connectivity index (χ1v) is 6.81. The minimum atomic E-state index is -1.21. The molecule has 0 aromatic carbocycles. The van der Waals surface area contributed by atoms with Crippen molar-refractivity contribution in [1.82, 2.24) is 5.32 Å². The van der Waals surface area contributed by atoms with Crippen LogP contribution in [0.4, 0.5) is 0 Å². The van der Waals surface area contributed by atoms with Crippen LogP contribution in [-0.2, 0) is 9.59 Å². The molecule has 0 saturated carbocycles. The van der Waals surface area contributed by atoms with Crippen molar-refractivity contribution in [2.24, 2.45) is 17.1 Å². The van der Waals surface area contributed by atoms with E-state index in [0.717, 1.165) is 0 Å². The molecule has 0 rings (SSSR count). The summed E-state index contributed by atoms with van der Waals surface area (Å²) in [7, 11) is 0. The van der Waals surface area contributed by atoms with Crippen molar-refractivity contribution in [2.75, 3.05) is 6.54 Å². The van der Waals surface area contributed by atoms with Gasteiger partial charge in [0.1, 0.15) is 5.54 Å². The summed E-state index contributed by atoms with van der Waals surface area (Å²) in [6, 6.07) is 0. The molecule has 0 bridgehead atoms. The van der Waals surface area contributed by atoms with Crippen LogP contribution in [0.5, 0.6) is 0 Å². The fourth-order valence-corrected chi connectivity index (χ4v) is 2.12. The van der Waals surface area contributed by atoms with Gasteiger partial charge >= 0.3 is 5.97 Å². The van der Waals surface area contributed by atoms with E-state index in [1.54, 1.807) is 6.92 Å². The first-order valence-electron chi connectivity index (χ1n) is 6.81. The van der Waals surface area contributed by atoms with E-state index in [2.05, 4.69) is 5.32 Å². The summed E-state index contributed by atoms with van der Waals surface area (Å²) in [4.78, 5) is 23.5. The van der Waals surface area contributed by atoms with Gasteiger partial charge in [0.15, 0.2) is 0 Å². The second-order valence-corrected chi connectivity index (χ2v) is 6.57. The summed E-state index contributed by atoms with van der Waals surface area (Å²) in [6.07, 6.45) is 1.73. The van der Waals surface area contributed by atoms with Crippen LogP contribution < -0.4 is 11.1 Å². The Bertz CT molecular complexity index is 323. The van der Waals surface area contributed by atoms with Gasteiger partial charge in [0.2, 0.25) is 5.91 Å². The molecule has 0 aliphatic rings. The van der Waals surface area contributed by atoms with E-state index in [1.807, 2.05) is 27.7 Å². The Kier molecular flexibility index (Phi) is 6.49. The van der Waals surface area contributed by atoms with Crippen molar-refractivity contribution in [1.29, 1.82) is 0 Å². The maximum atomic E-state index is 12.2. The number of hydrogen-bond acceptors (Lipinski definition) is 3. The summed E-state index contributed by atoms with van der Waals surface area (Å²) >= 11 is 0. The van der Waals surface area contributed by atoms with Gasteiger partial charge in [0, 0.05) is 6.54 Å². The molecular formula is C14H28N2O3. The molecule has 19 heavy (non-hydrogen) atoms. The van der Waals surface area contributed by atoms with E-state index < -0.39 is 11.5 Å². The number of carboxylic acids is 1. The normalized spacial score (nSPS) is 16.5. The smallest absolute Gasteiger partial charge is 0.329 e. The van der Waals surface area contributed by atoms with E-state index in [4.69, 9.17) is 5.73 Å². The third-order valence-electron chi connectivity index (χ3n) is 3.14. The third kappa shape index (κ3) is 6.05. The van der Waals surface area contributed by atoms with Crippen molar-refractivity contribution >= 4 is 11.9 Å². The molecule has 0 fully saturated rings. The number of carbonyl (C=O) groups is 2. The summed E-state index contributed by atoms with van der Waals surface area (Å²) in [6.45, 7) is 9.76. The summed E-state index contributed by atoms with van der Waals surface area (Å²) in [5, 5.41) is 11.9. The lowest BCUT2D eigenvalue weighted by Gasteiger charge is -2.30. The first-order chi connectivity index (χ1) is 8.55. The van der Waals surface area contributed by atoms with E-state index in [1.165, 1.54) is 0 Å². The van der Waals surface area contributed by atoms with E-state index in [9.17, 15) is 14.7 Å². The molecule has 0 aromatic heterocycles. The van der Waals surface area contributed by atoms with Crippen LogP contribution >= 0.6 is 0 Å². The quantitative estimate of drug-likeness (QED) is 0.658. The number of carbonyl (C=O) groups excluding carboxylic acids is 1. The monoisotopic (exact) mass is 272 g/mol. The molecule has 5 heteroatoms. The lowest BCUT2D eigenvalue weighted by molar-refractivity contribution is -0.148. The molecule has 5 nitrogen and oxygen atoms in total. The van der Waals surface area contributed by atoms with Gasteiger partial charge in [-0.05, 0) is 25.2 Å². The van der Waals surface area contributed by atoms with Gasteiger partial charge in [-0.25, -0.2) is 4.79 Å². The average molecular weight is 272 g/mol. The summed E-state index contributed by atoms with van der Waals surface area (Å²) in [5.41, 5.74) is 4.41. The van der Waals surface area contributed by atoms with Crippen molar-refractivity contribution in [3.8, 4) is 0 Å². The minimum Gasteiger partial charge on any atom is -0.480 e. The zero-order chi connectivity index (χ0) is 15.3. The maximum Gasteiger partial charge on any atom is 0.329 e. The summed E-state index contributed by atoms with van der Waals surface area (Å²) in [5.74, 6) is -1.62. The Balaban J connectivity index is 4.84. The Labute approximate surface area is 115 Å². The van der Waals surface area contributed by atoms with Gasteiger partial charge < -0.3 is 16.2 Å². The van der Waals surface area contributed by atoms with Crippen molar-refractivity contribution in [3.05, 3.63) is 0 Å². The largest absolute Gasteiger partial charge is 0.480 e. The van der Waals surface area contributed by atoms with Crippen LogP contribution in [0.25, 0.3) is 0 Å². The fraction of sp³-hybridized carbons (Fsp3) is 0.857. The predicted octanol–water partition coefficient (Wildman–Crippen LogP) is 1.76. The molecule has 0 radical (unpaired) electrons. The maximum absolute atomic E-state index is 12.2. The number of aliphatic carboxylic acids is 1. The van der Waals surface area contributed by atoms with Crippen LogP contribution in [0.1, 0.15) is 53.9 Å². The number of hydrogen-bond donors (Lipinski definition) is 3. The summed E-state index contributed by atoms with van der Waals surface area (Å²) < 4.78 is 0. The minimum absolute atomic E-state index is 0.0221. The third-order valence-corrected chi connectivity index (χ3v) is 3.14. The van der Waals surface area contributed by atoms with Gasteiger partial charge in [-0.3, -0.25) is 4.79 Å². The lowest BCUT2D eigenvalue weighted by Crippen LogP contribution is -2.54. The Morgan fingerprint density at radius 2 is 1.79 bits per heavy atom. The molecule has 4 N–H and O–H groups in total. The number of nitrogens with one attached hydrogen (secondary N) is 1. The van der Waals surface area contributed by atoms with Crippen LogP contribution in [0.3, 0.4) is 0 Å². The van der Waals surface area contributed by atoms with Gasteiger partial charge in [-0.1, -0.05) is 34.1 Å². The van der Waals surface area contributed by atoms with Gasteiger partial charge in [0.25, 0.3) is 0 Å². The molecule has 0 aliphatic heterocycles. The Morgan fingerprint density at radius 3 is 2.11 bits per heavy atom. The molecule has 0 saturated heterocycles. The van der Waals surface area contributed by atoms with Crippen molar-refractivity contribution in [2.45, 2.75) is 59.4 Å². The molecule has 0 aromatic rings. The van der Waals surface area contributed by atoms with Gasteiger partial charge in [-0.2, -0.15) is 0 Å². The number of amides is 1. The second-order valence-electron chi connectivity index (χ2n) is 6.57. The lowest BCUT2D eigenvalue weighted by atomic mass is 9.83. The molecular weight excluding hydrogens is 244 g/mol. The van der Waals surface area contributed by atoms with Crippen LogP contribution in [-0.4, -0.2) is 29.1 Å². The van der Waals surface area contributed by atoms with E-state index in [0.29, 0.717) is 19.3 Å². The molecule has 2 unspecified atom stereocenters. The predicted molar refractivity (Wildman–Crippen MR) is 75.7 cm³/mol. The van der Waals surface area contributed by atoms with Crippen LogP contribution in [0.15, 0.2) is 0 Å². The highest BCUT2D eigenvalue weighted by Crippen LogP contribution is 2.25. The topological polar surface area (TPSA) is 92.4 Å². The Hall–Kier alpha value is -1.10. The van der Waals surface area contributed by atoms with Gasteiger partial charge in [-0.15, -0.1) is 0 Å². The highest BCUT2D eigenvalue weighted by atomic mass is 16.4. The number of rotatable bonds is 7. The molecule has 0 aliphatic carbocycles. The average Bonchev–Trinajstić information content (AvgIpc) is 2.24. The number of nitrogens with two attached hydrogens (primary N) is 1.